The Kier molecular flexibility index (Phi) is 8.34. The van der Waals surface area contributed by atoms with Crippen LogP contribution in [0.4, 0.5) is 0 Å². The van der Waals surface area contributed by atoms with Crippen LogP contribution in [0, 0.1) is 5.92 Å². The first kappa shape index (κ1) is 23.9. The van der Waals surface area contributed by atoms with Gasteiger partial charge in [0.2, 0.25) is 10.0 Å². The second kappa shape index (κ2) is 10.1. The molecule has 0 saturated carbocycles. The van der Waals surface area contributed by atoms with Gasteiger partial charge < -0.3 is 10.1 Å². The molecule has 162 valence electrons. The van der Waals surface area contributed by atoms with E-state index < -0.39 is 40.0 Å². The molecule has 1 aliphatic rings. The van der Waals surface area contributed by atoms with Crippen LogP contribution < -0.4 is 5.32 Å². The monoisotopic (exact) mass is 464 g/mol. The maximum atomic E-state index is 12.4. The summed E-state index contributed by atoms with van der Waals surface area (Å²) in [6.07, 6.45) is -0.222. The van der Waals surface area contributed by atoms with Gasteiger partial charge in [0.15, 0.2) is 6.10 Å². The van der Waals surface area contributed by atoms with E-state index in [0.717, 1.165) is 0 Å². The van der Waals surface area contributed by atoms with Crippen LogP contribution in [0.5, 0.6) is 0 Å². The van der Waals surface area contributed by atoms with E-state index in [9.17, 15) is 18.0 Å². The molecule has 1 amide bonds. The molecular weight excluding hydrogens is 439 g/mol. The van der Waals surface area contributed by atoms with E-state index in [1.165, 1.54) is 11.2 Å². The molecule has 1 aliphatic heterocycles. The molecule has 0 aromatic heterocycles. The van der Waals surface area contributed by atoms with Crippen molar-refractivity contribution in [1.82, 2.24) is 9.62 Å². The highest BCUT2D eigenvalue weighted by molar-refractivity contribution is 7.89. The third-order valence-electron chi connectivity index (χ3n) is 5.00. The predicted molar refractivity (Wildman–Crippen MR) is 112 cm³/mol. The minimum Gasteiger partial charge on any atom is -0.452 e. The minimum absolute atomic E-state index is 0.0368. The van der Waals surface area contributed by atoms with Crippen molar-refractivity contribution >= 4 is 45.1 Å². The van der Waals surface area contributed by atoms with Gasteiger partial charge in [-0.05, 0) is 51.3 Å². The number of nitrogens with one attached hydrogen (secondary N) is 1. The first-order chi connectivity index (χ1) is 13.5. The van der Waals surface area contributed by atoms with Crippen molar-refractivity contribution in [3.8, 4) is 0 Å². The number of ether oxygens (including phenoxy) is 1. The number of halogens is 2. The van der Waals surface area contributed by atoms with Crippen LogP contribution in [-0.2, 0) is 24.3 Å². The number of hydrogen-bond donors (Lipinski definition) is 1. The van der Waals surface area contributed by atoms with E-state index in [1.807, 2.05) is 0 Å². The molecule has 1 saturated heterocycles. The van der Waals surface area contributed by atoms with E-state index in [1.54, 1.807) is 32.0 Å². The lowest BCUT2D eigenvalue weighted by Crippen LogP contribution is -2.43. The first-order valence-corrected chi connectivity index (χ1v) is 11.8. The van der Waals surface area contributed by atoms with Crippen molar-refractivity contribution < 1.29 is 22.7 Å². The summed E-state index contributed by atoms with van der Waals surface area (Å²) in [5.74, 6) is -1.31. The van der Waals surface area contributed by atoms with E-state index in [2.05, 4.69) is 5.32 Å². The Hall–Kier alpha value is -1.35. The number of esters is 1. The summed E-state index contributed by atoms with van der Waals surface area (Å²) in [5.41, 5.74) is 0.701. The average Bonchev–Trinajstić information content (AvgIpc) is 2.67. The van der Waals surface area contributed by atoms with Gasteiger partial charge in [-0.15, -0.1) is 0 Å². The molecule has 0 bridgehead atoms. The first-order valence-electron chi connectivity index (χ1n) is 9.48. The number of piperidine rings is 1. The van der Waals surface area contributed by atoms with Crippen LogP contribution in [0.3, 0.4) is 0 Å². The van der Waals surface area contributed by atoms with Crippen molar-refractivity contribution in [1.29, 1.82) is 0 Å². The molecule has 2 rings (SSSR count). The van der Waals surface area contributed by atoms with E-state index in [4.69, 9.17) is 27.9 Å². The normalized spacial score (nSPS) is 18.1. The minimum atomic E-state index is -3.25. The Morgan fingerprint density at radius 3 is 2.41 bits per heavy atom. The van der Waals surface area contributed by atoms with Gasteiger partial charge in [0.1, 0.15) is 0 Å². The van der Waals surface area contributed by atoms with Crippen LogP contribution in [0.1, 0.15) is 45.2 Å². The topological polar surface area (TPSA) is 92.8 Å². The van der Waals surface area contributed by atoms with Gasteiger partial charge in [0.05, 0.1) is 17.7 Å². The average molecular weight is 465 g/mol. The van der Waals surface area contributed by atoms with Crippen LogP contribution in [0.25, 0.3) is 0 Å². The quantitative estimate of drug-likeness (QED) is 0.625. The van der Waals surface area contributed by atoms with Crippen molar-refractivity contribution in [2.45, 2.75) is 45.8 Å². The summed E-state index contributed by atoms with van der Waals surface area (Å²) in [7, 11) is -3.25. The third kappa shape index (κ3) is 6.31. The van der Waals surface area contributed by atoms with Crippen LogP contribution in [-0.4, -0.2) is 49.5 Å². The largest absolute Gasteiger partial charge is 0.452 e. The zero-order valence-electron chi connectivity index (χ0n) is 16.7. The maximum Gasteiger partial charge on any atom is 0.309 e. The maximum absolute atomic E-state index is 12.4. The van der Waals surface area contributed by atoms with E-state index >= 15 is 0 Å². The molecule has 7 nitrogen and oxygen atoms in total. The predicted octanol–water partition coefficient (Wildman–Crippen LogP) is 3.16. The van der Waals surface area contributed by atoms with Crippen molar-refractivity contribution in [3.05, 3.63) is 33.8 Å². The molecule has 1 fully saturated rings. The highest BCUT2D eigenvalue weighted by atomic mass is 35.5. The van der Waals surface area contributed by atoms with Crippen LogP contribution in [0.2, 0.25) is 10.0 Å². The number of nitrogens with zero attached hydrogens (tertiary/aromatic N) is 1. The number of rotatable bonds is 7. The molecule has 1 heterocycles. The summed E-state index contributed by atoms with van der Waals surface area (Å²) < 4.78 is 30.5. The summed E-state index contributed by atoms with van der Waals surface area (Å²) in [4.78, 5) is 24.8. The van der Waals surface area contributed by atoms with Gasteiger partial charge in [0.25, 0.3) is 5.91 Å². The molecular formula is C19H26Cl2N2O5S. The van der Waals surface area contributed by atoms with Gasteiger partial charge in [-0.3, -0.25) is 9.59 Å². The van der Waals surface area contributed by atoms with Gasteiger partial charge in [-0.2, -0.15) is 0 Å². The fraction of sp³-hybridized carbons (Fsp3) is 0.579. The van der Waals surface area contributed by atoms with Crippen LogP contribution in [0.15, 0.2) is 18.2 Å². The van der Waals surface area contributed by atoms with E-state index in [0.29, 0.717) is 28.5 Å². The van der Waals surface area contributed by atoms with Gasteiger partial charge in [-0.1, -0.05) is 29.3 Å². The number of carbonyl (C=O) groups excluding carboxylic acids is 2. The lowest BCUT2D eigenvalue weighted by atomic mass is 9.98. The summed E-state index contributed by atoms with van der Waals surface area (Å²) in [6, 6.07) is 4.61. The Balaban J connectivity index is 1.87. The van der Waals surface area contributed by atoms with Crippen molar-refractivity contribution in [2.24, 2.45) is 5.92 Å². The summed E-state index contributed by atoms with van der Waals surface area (Å²) in [5, 5.41) is 3.70. The van der Waals surface area contributed by atoms with Gasteiger partial charge >= 0.3 is 5.97 Å². The fourth-order valence-corrected chi connectivity index (χ4v) is 4.84. The number of sulfonamides is 1. The van der Waals surface area contributed by atoms with Gasteiger partial charge in [-0.25, -0.2) is 12.7 Å². The zero-order valence-corrected chi connectivity index (χ0v) is 19.0. The molecule has 0 spiro atoms. The summed E-state index contributed by atoms with van der Waals surface area (Å²) >= 11 is 12.0. The highest BCUT2D eigenvalue weighted by Gasteiger charge is 2.32. The summed E-state index contributed by atoms with van der Waals surface area (Å²) in [6.45, 7) is 5.42. The smallest absolute Gasteiger partial charge is 0.309 e. The molecule has 1 aromatic carbocycles. The standard InChI is InChI=1S/C19H26Cl2N2O5S/c1-4-29(26,27)23-9-7-14(8-10-23)19(25)28-13(3)18(24)22-12(2)16-6-5-15(20)11-17(16)21/h5-6,11-14H,4,7-10H2,1-3H3,(H,22,24). The SMILES string of the molecule is CCS(=O)(=O)N1CCC(C(=O)OC(C)C(=O)NC(C)c2ccc(Cl)cc2Cl)CC1. The highest BCUT2D eigenvalue weighted by Crippen LogP contribution is 2.26. The fourth-order valence-electron chi connectivity index (χ4n) is 3.14. The molecule has 2 atom stereocenters. The molecule has 2 unspecified atom stereocenters. The lowest BCUT2D eigenvalue weighted by Gasteiger charge is -2.30. The van der Waals surface area contributed by atoms with Crippen LogP contribution >= 0.6 is 23.2 Å². The Labute approximate surface area is 181 Å². The lowest BCUT2D eigenvalue weighted by molar-refractivity contribution is -0.160. The Bertz CT molecular complexity index is 854. The Morgan fingerprint density at radius 1 is 1.24 bits per heavy atom. The second-order valence-corrected chi connectivity index (χ2v) is 10.2. The van der Waals surface area contributed by atoms with Crippen molar-refractivity contribution in [2.75, 3.05) is 18.8 Å². The number of amides is 1. The second-order valence-electron chi connectivity index (χ2n) is 7.05. The zero-order chi connectivity index (χ0) is 21.8. The number of benzene rings is 1. The third-order valence-corrected chi connectivity index (χ3v) is 7.44. The molecule has 0 radical (unpaired) electrons. The molecule has 10 heteroatoms. The van der Waals surface area contributed by atoms with Gasteiger partial charge in [0, 0.05) is 23.1 Å². The Morgan fingerprint density at radius 2 is 1.86 bits per heavy atom. The molecule has 0 aliphatic carbocycles. The van der Waals surface area contributed by atoms with E-state index in [-0.39, 0.29) is 18.8 Å². The number of hydrogen-bond acceptors (Lipinski definition) is 5. The van der Waals surface area contributed by atoms with Crippen molar-refractivity contribution in [3.63, 3.8) is 0 Å². The number of carbonyl (C=O) groups is 2. The molecule has 29 heavy (non-hydrogen) atoms. The molecule has 1 N–H and O–H groups in total. The molecule has 1 aromatic rings.